The molecule has 2 rings (SSSR count). The number of ether oxygens (including phenoxy) is 2. The van der Waals surface area contributed by atoms with Crippen LogP contribution < -0.4 is 20.1 Å². The Labute approximate surface area is 172 Å². The standard InChI is InChI=1S/C22H29N3O4/c1-6-25(7-2)14-20(26)24-17-12-11-16(13-15(17)3)23-22(27)21-18(28-4)9-8-10-19(21)29-5/h8-13H,6-7,14H2,1-5H3,(H,23,27)(H,24,26). The van der Waals surface area contributed by atoms with E-state index in [-0.39, 0.29) is 11.8 Å². The van der Waals surface area contributed by atoms with Crippen LogP contribution in [0.1, 0.15) is 29.8 Å². The summed E-state index contributed by atoms with van der Waals surface area (Å²) in [5.41, 5.74) is 2.51. The SMILES string of the molecule is CCN(CC)CC(=O)Nc1ccc(NC(=O)c2c(OC)cccc2OC)cc1C. The number of benzene rings is 2. The molecule has 0 aliphatic heterocycles. The fraction of sp³-hybridized carbons (Fsp3) is 0.364. The molecule has 0 unspecified atom stereocenters. The van der Waals surface area contributed by atoms with Gasteiger partial charge in [0.1, 0.15) is 17.1 Å². The molecule has 2 amide bonds. The van der Waals surface area contributed by atoms with Crippen molar-refractivity contribution in [2.24, 2.45) is 0 Å². The first-order valence-corrected chi connectivity index (χ1v) is 9.58. The first-order chi connectivity index (χ1) is 13.9. The number of aryl methyl sites for hydroxylation is 1. The van der Waals surface area contributed by atoms with Crippen LogP contribution in [-0.2, 0) is 4.79 Å². The Balaban J connectivity index is 2.13. The number of anilines is 2. The van der Waals surface area contributed by atoms with Gasteiger partial charge in [-0.25, -0.2) is 0 Å². The van der Waals surface area contributed by atoms with Crippen LogP contribution in [0.25, 0.3) is 0 Å². The monoisotopic (exact) mass is 399 g/mol. The van der Waals surface area contributed by atoms with E-state index in [1.807, 2.05) is 31.7 Å². The van der Waals surface area contributed by atoms with E-state index in [9.17, 15) is 9.59 Å². The fourth-order valence-corrected chi connectivity index (χ4v) is 2.99. The quantitative estimate of drug-likeness (QED) is 0.674. The molecule has 0 radical (unpaired) electrons. The van der Waals surface area contributed by atoms with E-state index in [1.54, 1.807) is 30.3 Å². The van der Waals surface area contributed by atoms with E-state index in [4.69, 9.17) is 9.47 Å². The van der Waals surface area contributed by atoms with E-state index in [0.717, 1.165) is 24.3 Å². The normalized spacial score (nSPS) is 10.6. The largest absolute Gasteiger partial charge is 0.496 e. The van der Waals surface area contributed by atoms with Crippen molar-refractivity contribution in [1.29, 1.82) is 0 Å². The van der Waals surface area contributed by atoms with E-state index in [2.05, 4.69) is 10.6 Å². The topological polar surface area (TPSA) is 79.9 Å². The summed E-state index contributed by atoms with van der Waals surface area (Å²) in [6.45, 7) is 7.91. The molecule has 2 aromatic carbocycles. The Morgan fingerprint density at radius 2 is 1.59 bits per heavy atom. The Morgan fingerprint density at radius 3 is 2.10 bits per heavy atom. The molecule has 156 valence electrons. The summed E-state index contributed by atoms with van der Waals surface area (Å²) in [5.74, 6) is 0.460. The maximum atomic E-state index is 12.8. The molecule has 0 bridgehead atoms. The van der Waals surface area contributed by atoms with Gasteiger partial charge >= 0.3 is 0 Å². The lowest BCUT2D eigenvalue weighted by atomic mass is 10.1. The first-order valence-electron chi connectivity index (χ1n) is 9.58. The van der Waals surface area contributed by atoms with Gasteiger partial charge < -0.3 is 20.1 Å². The Bertz CT molecular complexity index is 841. The van der Waals surface area contributed by atoms with Gasteiger partial charge in [0.15, 0.2) is 0 Å². The number of likely N-dealkylation sites (N-methyl/N-ethyl adjacent to an activating group) is 1. The summed E-state index contributed by atoms with van der Waals surface area (Å²) in [5, 5.41) is 5.78. The van der Waals surface area contributed by atoms with Crippen molar-refractivity contribution in [3.63, 3.8) is 0 Å². The van der Waals surface area contributed by atoms with Crippen LogP contribution in [-0.4, -0.2) is 50.6 Å². The zero-order chi connectivity index (χ0) is 21.4. The third-order valence-electron chi connectivity index (χ3n) is 4.67. The van der Waals surface area contributed by atoms with Crippen LogP contribution in [0.2, 0.25) is 0 Å². The lowest BCUT2D eigenvalue weighted by Gasteiger charge is -2.18. The number of carbonyl (C=O) groups is 2. The molecule has 0 aliphatic rings. The number of hydrogen-bond donors (Lipinski definition) is 2. The zero-order valence-corrected chi connectivity index (χ0v) is 17.7. The van der Waals surface area contributed by atoms with Crippen molar-refractivity contribution in [1.82, 2.24) is 4.90 Å². The van der Waals surface area contributed by atoms with Crippen molar-refractivity contribution in [3.8, 4) is 11.5 Å². The van der Waals surface area contributed by atoms with E-state index in [0.29, 0.717) is 29.3 Å². The van der Waals surface area contributed by atoms with Gasteiger partial charge in [-0.3, -0.25) is 14.5 Å². The van der Waals surface area contributed by atoms with Gasteiger partial charge in [0.05, 0.1) is 20.8 Å². The Morgan fingerprint density at radius 1 is 0.966 bits per heavy atom. The number of amides is 2. The highest BCUT2D eigenvalue weighted by Crippen LogP contribution is 2.29. The van der Waals surface area contributed by atoms with Crippen molar-refractivity contribution in [3.05, 3.63) is 47.5 Å². The predicted octanol–water partition coefficient (Wildman–Crippen LogP) is 3.54. The van der Waals surface area contributed by atoms with Crippen molar-refractivity contribution >= 4 is 23.2 Å². The molecule has 0 saturated heterocycles. The summed E-state index contributed by atoms with van der Waals surface area (Å²) < 4.78 is 10.6. The van der Waals surface area contributed by atoms with E-state index >= 15 is 0 Å². The molecule has 0 atom stereocenters. The Hall–Kier alpha value is -3.06. The van der Waals surface area contributed by atoms with Crippen LogP contribution in [0.5, 0.6) is 11.5 Å². The number of nitrogens with one attached hydrogen (secondary N) is 2. The van der Waals surface area contributed by atoms with Crippen molar-refractivity contribution in [2.75, 3.05) is 44.5 Å². The number of nitrogens with zero attached hydrogens (tertiary/aromatic N) is 1. The fourth-order valence-electron chi connectivity index (χ4n) is 2.99. The summed E-state index contributed by atoms with van der Waals surface area (Å²) in [6.07, 6.45) is 0. The van der Waals surface area contributed by atoms with Crippen molar-refractivity contribution < 1.29 is 19.1 Å². The smallest absolute Gasteiger partial charge is 0.263 e. The van der Waals surface area contributed by atoms with Crippen LogP contribution in [0.4, 0.5) is 11.4 Å². The molecule has 2 aromatic rings. The maximum absolute atomic E-state index is 12.8. The second-order valence-corrected chi connectivity index (χ2v) is 6.53. The van der Waals surface area contributed by atoms with Gasteiger partial charge in [0.25, 0.3) is 5.91 Å². The third kappa shape index (κ3) is 5.71. The number of hydrogen-bond acceptors (Lipinski definition) is 5. The molecule has 0 heterocycles. The molecule has 2 N–H and O–H groups in total. The highest BCUT2D eigenvalue weighted by atomic mass is 16.5. The van der Waals surface area contributed by atoms with E-state index in [1.165, 1.54) is 14.2 Å². The Kier molecular flexibility index (Phi) is 8.03. The summed E-state index contributed by atoms with van der Waals surface area (Å²) in [7, 11) is 3.01. The van der Waals surface area contributed by atoms with Crippen LogP contribution in [0.15, 0.2) is 36.4 Å². The van der Waals surface area contributed by atoms with Crippen molar-refractivity contribution in [2.45, 2.75) is 20.8 Å². The molecule has 29 heavy (non-hydrogen) atoms. The number of rotatable bonds is 9. The average Bonchev–Trinajstić information content (AvgIpc) is 2.73. The average molecular weight is 399 g/mol. The minimum Gasteiger partial charge on any atom is -0.496 e. The van der Waals surface area contributed by atoms with E-state index < -0.39 is 0 Å². The minimum absolute atomic E-state index is 0.0626. The van der Waals surface area contributed by atoms with Gasteiger partial charge in [-0.05, 0) is 55.9 Å². The molecule has 0 aliphatic carbocycles. The second kappa shape index (κ2) is 10.5. The minimum atomic E-state index is -0.336. The lowest BCUT2D eigenvalue weighted by molar-refractivity contribution is -0.117. The zero-order valence-electron chi connectivity index (χ0n) is 17.7. The van der Waals surface area contributed by atoms with Gasteiger partial charge in [-0.2, -0.15) is 0 Å². The lowest BCUT2D eigenvalue weighted by Crippen LogP contribution is -2.33. The van der Waals surface area contributed by atoms with Crippen LogP contribution in [0.3, 0.4) is 0 Å². The molecule has 7 heteroatoms. The van der Waals surface area contributed by atoms with Gasteiger partial charge in [0.2, 0.25) is 5.91 Å². The molecular weight excluding hydrogens is 370 g/mol. The summed E-state index contributed by atoms with van der Waals surface area (Å²) in [4.78, 5) is 27.1. The summed E-state index contributed by atoms with van der Waals surface area (Å²) in [6, 6.07) is 10.5. The van der Waals surface area contributed by atoms with Crippen LogP contribution >= 0.6 is 0 Å². The highest BCUT2D eigenvalue weighted by molar-refractivity contribution is 6.08. The maximum Gasteiger partial charge on any atom is 0.263 e. The highest BCUT2D eigenvalue weighted by Gasteiger charge is 2.18. The predicted molar refractivity (Wildman–Crippen MR) is 115 cm³/mol. The molecule has 7 nitrogen and oxygen atoms in total. The molecule has 0 aromatic heterocycles. The van der Waals surface area contributed by atoms with Gasteiger partial charge in [-0.15, -0.1) is 0 Å². The molecule has 0 spiro atoms. The number of methoxy groups -OCH3 is 2. The number of carbonyl (C=O) groups excluding carboxylic acids is 2. The third-order valence-corrected chi connectivity index (χ3v) is 4.67. The second-order valence-electron chi connectivity index (χ2n) is 6.53. The van der Waals surface area contributed by atoms with Gasteiger partial charge in [0, 0.05) is 11.4 Å². The van der Waals surface area contributed by atoms with Gasteiger partial charge in [-0.1, -0.05) is 19.9 Å². The van der Waals surface area contributed by atoms with Crippen LogP contribution in [0, 0.1) is 6.92 Å². The summed E-state index contributed by atoms with van der Waals surface area (Å²) >= 11 is 0. The first kappa shape index (κ1) is 22.2. The molecule has 0 fully saturated rings. The molecule has 0 saturated carbocycles. The molecular formula is C22H29N3O4.